The zero-order valence-electron chi connectivity index (χ0n) is 5.86. The van der Waals surface area contributed by atoms with Crippen LogP contribution in [0.2, 0.25) is 0 Å². The van der Waals surface area contributed by atoms with Crippen LogP contribution in [0.15, 0.2) is 0 Å². The zero-order chi connectivity index (χ0) is 7.75. The molecule has 0 aromatic heterocycles. The van der Waals surface area contributed by atoms with Gasteiger partial charge in [0.1, 0.15) is 5.78 Å². The Morgan fingerprint density at radius 3 is 2.45 bits per heavy atom. The first-order chi connectivity index (χ1) is 5.22. The van der Waals surface area contributed by atoms with Crippen LogP contribution in [0.3, 0.4) is 0 Å². The molecule has 3 heteroatoms. The molecule has 0 amide bonds. The van der Waals surface area contributed by atoms with Crippen molar-refractivity contribution in [3.8, 4) is 0 Å². The fourth-order valence-electron chi connectivity index (χ4n) is 3.18. The second-order valence-corrected chi connectivity index (χ2v) is 3.88. The molecule has 0 aliphatic heterocycles. The van der Waals surface area contributed by atoms with Crippen LogP contribution >= 0.6 is 0 Å². The van der Waals surface area contributed by atoms with Crippen molar-refractivity contribution in [2.24, 2.45) is 29.6 Å². The lowest BCUT2D eigenvalue weighted by molar-refractivity contribution is -0.144. The van der Waals surface area contributed by atoms with Crippen molar-refractivity contribution in [1.29, 1.82) is 0 Å². The molecule has 4 rings (SSSR count). The first-order valence-electron chi connectivity index (χ1n) is 3.98. The maximum absolute atomic E-state index is 11.2. The third-order valence-corrected chi connectivity index (χ3v) is 3.58. The van der Waals surface area contributed by atoms with Gasteiger partial charge in [-0.15, -0.1) is 0 Å². The largest absolute Gasteiger partial charge is 0.481 e. The Kier molecular flexibility index (Phi) is 0.708. The van der Waals surface area contributed by atoms with E-state index in [2.05, 4.69) is 0 Å². The van der Waals surface area contributed by atoms with E-state index in [4.69, 9.17) is 5.11 Å². The van der Waals surface area contributed by atoms with Gasteiger partial charge in [-0.05, 0) is 18.3 Å². The molecule has 0 aromatic rings. The molecule has 0 spiro atoms. The molecule has 1 N–H and O–H groups in total. The summed E-state index contributed by atoms with van der Waals surface area (Å²) in [4.78, 5) is 21.9. The highest BCUT2D eigenvalue weighted by Gasteiger charge is 2.75. The summed E-state index contributed by atoms with van der Waals surface area (Å²) < 4.78 is 0. The number of aliphatic carboxylic acids is 1. The predicted octanol–water partition coefficient (Wildman–Crippen LogP) is 0.152. The van der Waals surface area contributed by atoms with Crippen molar-refractivity contribution in [1.82, 2.24) is 0 Å². The monoisotopic (exact) mass is 152 g/mol. The normalized spacial score (nSPS) is 56.7. The first-order valence-corrected chi connectivity index (χ1v) is 3.98. The molecule has 5 atom stereocenters. The topological polar surface area (TPSA) is 54.4 Å². The van der Waals surface area contributed by atoms with E-state index in [0.29, 0.717) is 5.92 Å². The molecule has 0 heterocycles. The first kappa shape index (κ1) is 5.75. The number of Topliss-reactive ketones (excluding diaryl/α,β-unsaturated/α-hetero) is 1. The van der Waals surface area contributed by atoms with Gasteiger partial charge < -0.3 is 5.11 Å². The van der Waals surface area contributed by atoms with Gasteiger partial charge in [0.15, 0.2) is 0 Å². The van der Waals surface area contributed by atoms with Crippen LogP contribution in [0.5, 0.6) is 0 Å². The van der Waals surface area contributed by atoms with Crippen LogP contribution in [-0.4, -0.2) is 16.9 Å². The number of rotatable bonds is 1. The molecule has 0 aromatic carbocycles. The third kappa shape index (κ3) is 0.424. The van der Waals surface area contributed by atoms with Crippen LogP contribution in [0, 0.1) is 29.6 Å². The van der Waals surface area contributed by atoms with Gasteiger partial charge in [0.25, 0.3) is 0 Å². The minimum atomic E-state index is -0.754. The molecule has 1 unspecified atom stereocenters. The Labute approximate surface area is 63.4 Å². The second kappa shape index (κ2) is 1.36. The van der Waals surface area contributed by atoms with Crippen molar-refractivity contribution < 1.29 is 14.7 Å². The molecule has 3 nitrogen and oxygen atoms in total. The summed E-state index contributed by atoms with van der Waals surface area (Å²) in [5.41, 5.74) is 0. The SMILES string of the molecule is O=C(O)C1[C@H]2[C@H]3C[C@@H]1C(=O)[C@H]32. The van der Waals surface area contributed by atoms with Gasteiger partial charge in [0.05, 0.1) is 5.92 Å². The Bertz CT molecular complexity index is 271. The molecule has 4 saturated carbocycles. The maximum atomic E-state index is 11.2. The number of hydrogen-bond acceptors (Lipinski definition) is 2. The third-order valence-electron chi connectivity index (χ3n) is 3.58. The van der Waals surface area contributed by atoms with Crippen LogP contribution in [-0.2, 0) is 9.59 Å². The Hall–Kier alpha value is -0.860. The number of carbonyl (C=O) groups excluding carboxylic acids is 1. The van der Waals surface area contributed by atoms with Gasteiger partial charge in [-0.1, -0.05) is 0 Å². The molecular weight excluding hydrogens is 144 g/mol. The highest BCUT2D eigenvalue weighted by molar-refractivity contribution is 5.98. The summed E-state index contributed by atoms with van der Waals surface area (Å²) in [5.74, 6) is -0.0482. The zero-order valence-corrected chi connectivity index (χ0v) is 5.86. The summed E-state index contributed by atoms with van der Waals surface area (Å²) in [6.07, 6.45) is 0.866. The van der Waals surface area contributed by atoms with E-state index in [0.717, 1.165) is 6.42 Å². The average molecular weight is 152 g/mol. The summed E-state index contributed by atoms with van der Waals surface area (Å²) >= 11 is 0. The second-order valence-electron chi connectivity index (χ2n) is 3.88. The summed E-state index contributed by atoms with van der Waals surface area (Å²) in [7, 11) is 0. The van der Waals surface area contributed by atoms with Gasteiger partial charge in [-0.3, -0.25) is 9.59 Å². The average Bonchev–Trinajstić information content (AvgIpc) is 2.33. The number of carbonyl (C=O) groups is 2. The Morgan fingerprint density at radius 2 is 2.27 bits per heavy atom. The number of ketones is 1. The standard InChI is InChI=1S/C8H8O3/c9-7-3-1-2-4(5(2)7)6(3)8(10)11/h2-6H,1H2,(H,10,11)/t2-,3+,4+,5-,6?/m1/s1. The van der Waals surface area contributed by atoms with Crippen molar-refractivity contribution in [2.75, 3.05) is 0 Å². The van der Waals surface area contributed by atoms with E-state index >= 15 is 0 Å². The summed E-state index contributed by atoms with van der Waals surface area (Å²) in [6, 6.07) is 0. The predicted molar refractivity (Wildman–Crippen MR) is 34.7 cm³/mol. The number of carboxylic acids is 1. The lowest BCUT2D eigenvalue weighted by Gasteiger charge is -2.05. The van der Waals surface area contributed by atoms with Crippen LogP contribution in [0.4, 0.5) is 0 Å². The summed E-state index contributed by atoms with van der Waals surface area (Å²) in [6.45, 7) is 0. The lowest BCUT2D eigenvalue weighted by Crippen LogP contribution is -2.19. The highest BCUT2D eigenvalue weighted by atomic mass is 16.4. The van der Waals surface area contributed by atoms with Gasteiger partial charge in [0, 0.05) is 11.8 Å². The van der Waals surface area contributed by atoms with E-state index in [9.17, 15) is 9.59 Å². The smallest absolute Gasteiger partial charge is 0.307 e. The Balaban J connectivity index is 2.03. The summed E-state index contributed by atoms with van der Waals surface area (Å²) in [5, 5.41) is 8.77. The lowest BCUT2D eigenvalue weighted by atomic mass is 9.98. The van der Waals surface area contributed by atoms with E-state index in [1.165, 1.54) is 0 Å². The van der Waals surface area contributed by atoms with Gasteiger partial charge >= 0.3 is 5.97 Å². The van der Waals surface area contributed by atoms with E-state index < -0.39 is 5.97 Å². The van der Waals surface area contributed by atoms with Gasteiger partial charge in [-0.2, -0.15) is 0 Å². The van der Waals surface area contributed by atoms with Crippen molar-refractivity contribution in [3.63, 3.8) is 0 Å². The van der Waals surface area contributed by atoms with Gasteiger partial charge in [0.2, 0.25) is 0 Å². The minimum absolute atomic E-state index is 0.104. The van der Waals surface area contributed by atoms with Crippen LogP contribution < -0.4 is 0 Å². The molecule has 0 saturated heterocycles. The fraction of sp³-hybridized carbons (Fsp3) is 0.750. The number of hydrogen-bond donors (Lipinski definition) is 1. The van der Waals surface area contributed by atoms with Gasteiger partial charge in [-0.25, -0.2) is 0 Å². The highest BCUT2D eigenvalue weighted by Crippen LogP contribution is 2.71. The molecule has 4 aliphatic rings. The molecule has 4 aliphatic carbocycles. The van der Waals surface area contributed by atoms with Crippen molar-refractivity contribution >= 4 is 11.8 Å². The quantitative estimate of drug-likeness (QED) is 0.582. The maximum Gasteiger partial charge on any atom is 0.307 e. The molecule has 0 radical (unpaired) electrons. The van der Waals surface area contributed by atoms with E-state index in [-0.39, 0.29) is 29.5 Å². The minimum Gasteiger partial charge on any atom is -0.481 e. The number of carboxylic acid groups (broad SMARTS) is 1. The fourth-order valence-corrected chi connectivity index (χ4v) is 3.18. The van der Waals surface area contributed by atoms with E-state index in [1.807, 2.05) is 0 Å². The molecule has 58 valence electrons. The Morgan fingerprint density at radius 1 is 1.55 bits per heavy atom. The molecule has 11 heavy (non-hydrogen) atoms. The van der Waals surface area contributed by atoms with Crippen LogP contribution in [0.25, 0.3) is 0 Å². The molecular formula is C8H8O3. The van der Waals surface area contributed by atoms with E-state index in [1.54, 1.807) is 0 Å². The molecule has 4 bridgehead atoms. The molecule has 4 fully saturated rings. The van der Waals surface area contributed by atoms with Crippen molar-refractivity contribution in [2.45, 2.75) is 6.42 Å². The van der Waals surface area contributed by atoms with Crippen LogP contribution in [0.1, 0.15) is 6.42 Å². The van der Waals surface area contributed by atoms with Crippen molar-refractivity contribution in [3.05, 3.63) is 0 Å².